The zero-order valence-electron chi connectivity index (χ0n) is 8.50. The van der Waals surface area contributed by atoms with Gasteiger partial charge < -0.3 is 4.74 Å². The Morgan fingerprint density at radius 1 is 1.67 bits per heavy atom. The smallest absolute Gasteiger partial charge is 0.356 e. The van der Waals surface area contributed by atoms with E-state index in [9.17, 15) is 4.79 Å². The molecule has 0 saturated heterocycles. The van der Waals surface area contributed by atoms with Gasteiger partial charge in [0.15, 0.2) is 5.69 Å². The van der Waals surface area contributed by atoms with Gasteiger partial charge in [0.25, 0.3) is 0 Å². The minimum absolute atomic E-state index is 0.335. The highest BCUT2D eigenvalue weighted by Gasteiger charge is 2.10. The second kappa shape index (κ2) is 5.52. The second-order valence-corrected chi connectivity index (χ2v) is 3.38. The van der Waals surface area contributed by atoms with Crippen molar-refractivity contribution in [3.05, 3.63) is 29.1 Å². The summed E-state index contributed by atoms with van der Waals surface area (Å²) in [5.74, 6) is 5.35. The van der Waals surface area contributed by atoms with Gasteiger partial charge in [-0.15, -0.1) is 0 Å². The molecular weight excluding hydrogens is 258 g/mol. The molecule has 0 fully saturated rings. The molecule has 4 heteroatoms. The molecule has 0 saturated carbocycles. The Kier molecular flexibility index (Phi) is 4.32. The predicted molar refractivity (Wildman–Crippen MR) is 61.0 cm³/mol. The molecule has 1 heterocycles. The topological polar surface area (TPSA) is 39.2 Å². The minimum atomic E-state index is -0.424. The molecule has 0 atom stereocenters. The number of carbonyl (C=O) groups is 1. The molecule has 0 aliphatic rings. The molecule has 0 radical (unpaired) electrons. The van der Waals surface area contributed by atoms with Gasteiger partial charge in [0.2, 0.25) is 0 Å². The number of carbonyl (C=O) groups excluding carboxylic acids is 1. The van der Waals surface area contributed by atoms with Crippen LogP contribution in [0.25, 0.3) is 0 Å². The van der Waals surface area contributed by atoms with Gasteiger partial charge >= 0.3 is 5.97 Å². The zero-order valence-corrected chi connectivity index (χ0v) is 10.1. The highest BCUT2D eigenvalue weighted by Crippen LogP contribution is 2.08. The monoisotopic (exact) mass is 267 g/mol. The number of pyridine rings is 1. The molecule has 0 spiro atoms. The first-order chi connectivity index (χ1) is 7.19. The van der Waals surface area contributed by atoms with Crippen molar-refractivity contribution in [2.24, 2.45) is 0 Å². The number of halogens is 1. The van der Waals surface area contributed by atoms with Crippen LogP contribution in [0.2, 0.25) is 0 Å². The highest BCUT2D eigenvalue weighted by molar-refractivity contribution is 9.09. The Morgan fingerprint density at radius 2 is 2.40 bits per heavy atom. The molecule has 0 bridgehead atoms. The Labute approximate surface area is 97.0 Å². The zero-order chi connectivity index (χ0) is 11.3. The Hall–Kier alpha value is -1.34. The maximum atomic E-state index is 11.2. The van der Waals surface area contributed by atoms with Crippen molar-refractivity contribution in [2.75, 3.05) is 12.4 Å². The van der Waals surface area contributed by atoms with E-state index in [-0.39, 0.29) is 0 Å². The summed E-state index contributed by atoms with van der Waals surface area (Å²) < 4.78 is 4.59. The average molecular weight is 268 g/mol. The number of aromatic nitrogens is 1. The van der Waals surface area contributed by atoms with Crippen molar-refractivity contribution < 1.29 is 9.53 Å². The van der Waals surface area contributed by atoms with E-state index in [1.165, 1.54) is 7.11 Å². The Balaban J connectivity index is 3.03. The third-order valence-electron chi connectivity index (χ3n) is 1.76. The van der Waals surface area contributed by atoms with Crippen LogP contribution in [-0.2, 0) is 4.74 Å². The lowest BCUT2D eigenvalue weighted by Gasteiger charge is -2.02. The largest absolute Gasteiger partial charge is 0.464 e. The van der Waals surface area contributed by atoms with Crippen LogP contribution in [0, 0.1) is 18.8 Å². The number of rotatable bonds is 1. The van der Waals surface area contributed by atoms with E-state index in [2.05, 4.69) is 37.5 Å². The summed E-state index contributed by atoms with van der Waals surface area (Å²) in [4.78, 5) is 15.2. The van der Waals surface area contributed by atoms with E-state index in [0.29, 0.717) is 11.0 Å². The van der Waals surface area contributed by atoms with Crippen molar-refractivity contribution in [1.29, 1.82) is 0 Å². The lowest BCUT2D eigenvalue weighted by Crippen LogP contribution is -2.06. The van der Waals surface area contributed by atoms with Crippen LogP contribution in [0.3, 0.4) is 0 Å². The highest BCUT2D eigenvalue weighted by atomic mass is 79.9. The number of alkyl halides is 1. The third kappa shape index (κ3) is 3.07. The summed E-state index contributed by atoms with van der Waals surface area (Å²) in [6.07, 6.45) is 1.56. The number of ether oxygens (including phenoxy) is 1. The predicted octanol–water partition coefficient (Wildman–Crippen LogP) is 1.92. The van der Waals surface area contributed by atoms with Crippen LogP contribution in [0.15, 0.2) is 12.3 Å². The molecule has 0 aromatic carbocycles. The second-order valence-electron chi connectivity index (χ2n) is 2.82. The van der Waals surface area contributed by atoms with Crippen LogP contribution in [0.4, 0.5) is 0 Å². The summed E-state index contributed by atoms with van der Waals surface area (Å²) in [6, 6.07) is 1.81. The Morgan fingerprint density at radius 3 is 2.93 bits per heavy atom. The first-order valence-electron chi connectivity index (χ1n) is 4.29. The molecule has 1 rings (SSSR count). The quantitative estimate of drug-likeness (QED) is 0.444. The maximum absolute atomic E-state index is 11.2. The van der Waals surface area contributed by atoms with Gasteiger partial charge in [-0.1, -0.05) is 27.8 Å². The van der Waals surface area contributed by atoms with E-state index < -0.39 is 5.97 Å². The molecular formula is C11H10BrNO2. The van der Waals surface area contributed by atoms with Crippen molar-refractivity contribution in [3.8, 4) is 11.8 Å². The standard InChI is InChI=1S/C11H10BrNO2/c1-8-6-9(4-3-5-12)7-13-10(8)11(14)15-2/h6-7H,5H2,1-2H3. The van der Waals surface area contributed by atoms with Gasteiger partial charge in [-0.3, -0.25) is 0 Å². The van der Waals surface area contributed by atoms with Crippen LogP contribution in [0.1, 0.15) is 21.6 Å². The summed E-state index contributed by atoms with van der Waals surface area (Å²) in [5, 5.41) is 0.616. The van der Waals surface area contributed by atoms with Crippen LogP contribution in [-0.4, -0.2) is 23.4 Å². The molecule has 3 nitrogen and oxygen atoms in total. The van der Waals surface area contributed by atoms with Crippen LogP contribution >= 0.6 is 15.9 Å². The van der Waals surface area contributed by atoms with Crippen molar-refractivity contribution >= 4 is 21.9 Å². The molecule has 1 aromatic rings. The van der Waals surface area contributed by atoms with Crippen molar-refractivity contribution in [2.45, 2.75) is 6.92 Å². The lowest BCUT2D eigenvalue weighted by atomic mass is 10.1. The fourth-order valence-corrected chi connectivity index (χ4v) is 1.23. The van der Waals surface area contributed by atoms with Gasteiger partial charge in [-0.2, -0.15) is 0 Å². The number of methoxy groups -OCH3 is 1. The lowest BCUT2D eigenvalue weighted by molar-refractivity contribution is 0.0593. The summed E-state index contributed by atoms with van der Waals surface area (Å²) in [6.45, 7) is 1.80. The fraction of sp³-hybridized carbons (Fsp3) is 0.273. The average Bonchev–Trinajstić information content (AvgIpc) is 2.25. The van der Waals surface area contributed by atoms with Gasteiger partial charge in [0.1, 0.15) is 0 Å². The summed E-state index contributed by atoms with van der Waals surface area (Å²) >= 11 is 3.21. The van der Waals surface area contributed by atoms with Crippen molar-refractivity contribution in [1.82, 2.24) is 4.98 Å². The summed E-state index contributed by atoms with van der Waals surface area (Å²) in [7, 11) is 1.34. The normalized spacial score (nSPS) is 9.00. The van der Waals surface area contributed by atoms with Crippen LogP contribution in [0.5, 0.6) is 0 Å². The van der Waals surface area contributed by atoms with E-state index in [1.807, 2.05) is 6.07 Å². The SMILES string of the molecule is COC(=O)c1ncc(C#CCBr)cc1C. The number of esters is 1. The van der Waals surface area contributed by atoms with Gasteiger partial charge in [0.05, 0.1) is 12.4 Å². The maximum Gasteiger partial charge on any atom is 0.356 e. The molecule has 0 N–H and O–H groups in total. The van der Waals surface area contributed by atoms with E-state index in [0.717, 1.165) is 11.1 Å². The molecule has 1 aromatic heterocycles. The Bertz CT molecular complexity index is 432. The fourth-order valence-electron chi connectivity index (χ4n) is 1.09. The molecule has 0 amide bonds. The minimum Gasteiger partial charge on any atom is -0.464 e. The number of hydrogen-bond donors (Lipinski definition) is 0. The number of nitrogens with zero attached hydrogens (tertiary/aromatic N) is 1. The van der Waals surface area contributed by atoms with Crippen LogP contribution < -0.4 is 0 Å². The molecule has 15 heavy (non-hydrogen) atoms. The van der Waals surface area contributed by atoms with E-state index >= 15 is 0 Å². The first-order valence-corrected chi connectivity index (χ1v) is 5.41. The third-order valence-corrected chi connectivity index (χ3v) is 2.04. The van der Waals surface area contributed by atoms with E-state index in [1.54, 1.807) is 13.1 Å². The first kappa shape index (κ1) is 11.7. The van der Waals surface area contributed by atoms with E-state index in [4.69, 9.17) is 0 Å². The molecule has 78 valence electrons. The molecule has 0 aliphatic heterocycles. The molecule has 0 unspecified atom stereocenters. The van der Waals surface area contributed by atoms with Gasteiger partial charge in [-0.05, 0) is 18.6 Å². The number of aryl methyl sites for hydroxylation is 1. The van der Waals surface area contributed by atoms with Crippen molar-refractivity contribution in [3.63, 3.8) is 0 Å². The number of hydrogen-bond acceptors (Lipinski definition) is 3. The van der Waals surface area contributed by atoms with Gasteiger partial charge in [0, 0.05) is 11.8 Å². The summed E-state index contributed by atoms with van der Waals surface area (Å²) in [5.41, 5.74) is 1.89. The van der Waals surface area contributed by atoms with Gasteiger partial charge in [-0.25, -0.2) is 9.78 Å². The molecule has 0 aliphatic carbocycles.